The van der Waals surface area contributed by atoms with Crippen molar-refractivity contribution in [3.05, 3.63) is 81.0 Å². The summed E-state index contributed by atoms with van der Waals surface area (Å²) in [5.74, 6) is -0.0828. The lowest BCUT2D eigenvalue weighted by molar-refractivity contribution is -0.118. The first kappa shape index (κ1) is 22.4. The van der Waals surface area contributed by atoms with Crippen molar-refractivity contribution >= 4 is 45.4 Å². The van der Waals surface area contributed by atoms with Gasteiger partial charge in [0.25, 0.3) is 11.5 Å². The Morgan fingerprint density at radius 3 is 2.71 bits per heavy atom. The minimum atomic E-state index is -0.306. The van der Waals surface area contributed by atoms with E-state index in [1.807, 2.05) is 30.3 Å². The smallest absolute Gasteiger partial charge is 0.267 e. The van der Waals surface area contributed by atoms with E-state index in [-0.39, 0.29) is 23.0 Å². The zero-order valence-electron chi connectivity index (χ0n) is 18.2. The minimum absolute atomic E-state index is 0.0583. The molecule has 0 spiro atoms. The Hall–Kier alpha value is -3.43. The highest BCUT2D eigenvalue weighted by atomic mass is 32.2. The molecule has 2 aromatic carbocycles. The molecule has 0 unspecified atom stereocenters. The summed E-state index contributed by atoms with van der Waals surface area (Å²) in [6.07, 6.45) is 5.63. The summed E-state index contributed by atoms with van der Waals surface area (Å²) in [6.45, 7) is 0. The Kier molecular flexibility index (Phi) is 6.46. The number of nitrogens with one attached hydrogen (secondary N) is 1. The van der Waals surface area contributed by atoms with Crippen LogP contribution in [0.25, 0.3) is 15.9 Å². The van der Waals surface area contributed by atoms with Crippen LogP contribution in [-0.4, -0.2) is 32.5 Å². The third-order valence-corrected chi connectivity index (χ3v) is 7.73. The van der Waals surface area contributed by atoms with Crippen molar-refractivity contribution < 1.29 is 9.90 Å². The van der Waals surface area contributed by atoms with Crippen LogP contribution in [0.1, 0.15) is 28.8 Å². The van der Waals surface area contributed by atoms with Gasteiger partial charge in [-0.1, -0.05) is 30.0 Å². The van der Waals surface area contributed by atoms with Gasteiger partial charge < -0.3 is 5.11 Å². The molecule has 2 N–H and O–H groups in total. The van der Waals surface area contributed by atoms with Crippen molar-refractivity contribution in [2.75, 3.05) is 5.75 Å². The molecule has 0 atom stereocenters. The van der Waals surface area contributed by atoms with Crippen LogP contribution in [0.4, 0.5) is 0 Å². The first-order chi connectivity index (χ1) is 16.6. The van der Waals surface area contributed by atoms with Crippen LogP contribution >= 0.6 is 23.1 Å². The van der Waals surface area contributed by atoms with Crippen molar-refractivity contribution in [3.8, 4) is 11.4 Å². The van der Waals surface area contributed by atoms with Crippen LogP contribution in [0.5, 0.6) is 5.75 Å². The molecule has 1 aliphatic carbocycles. The van der Waals surface area contributed by atoms with E-state index in [2.05, 4.69) is 10.5 Å². The maximum absolute atomic E-state index is 13.7. The molecule has 1 aliphatic rings. The van der Waals surface area contributed by atoms with Crippen molar-refractivity contribution in [3.63, 3.8) is 0 Å². The predicted octanol–water partition coefficient (Wildman–Crippen LogP) is 4.27. The summed E-state index contributed by atoms with van der Waals surface area (Å²) in [7, 11) is 0. The third kappa shape index (κ3) is 4.62. The Morgan fingerprint density at radius 1 is 1.15 bits per heavy atom. The fraction of sp³-hybridized carbons (Fsp3) is 0.200. The number of amides is 1. The molecule has 0 radical (unpaired) electrons. The fourth-order valence-electron chi connectivity index (χ4n) is 3.99. The largest absolute Gasteiger partial charge is 0.508 e. The lowest BCUT2D eigenvalue weighted by Gasteiger charge is -2.13. The highest BCUT2D eigenvalue weighted by molar-refractivity contribution is 7.99. The zero-order chi connectivity index (χ0) is 23.5. The van der Waals surface area contributed by atoms with E-state index in [9.17, 15) is 14.7 Å². The lowest BCUT2D eigenvalue weighted by atomic mass is 9.97. The lowest BCUT2D eigenvalue weighted by Crippen LogP contribution is -2.24. The fourth-order valence-corrected chi connectivity index (χ4v) is 6.10. The number of phenolic OH excluding ortho intramolecular Hbond substituents is 1. The Labute approximate surface area is 204 Å². The molecule has 9 heteroatoms. The topological polar surface area (TPSA) is 96.6 Å². The Bertz CT molecular complexity index is 1430. The molecule has 34 heavy (non-hydrogen) atoms. The number of para-hydroxylation sites is 1. The normalized spacial score (nSPS) is 13.3. The number of aromatic hydroxyl groups is 1. The third-order valence-electron chi connectivity index (χ3n) is 5.60. The second-order valence-corrected chi connectivity index (χ2v) is 9.96. The van der Waals surface area contributed by atoms with Gasteiger partial charge >= 0.3 is 0 Å². The number of nitrogens with zero attached hydrogens (tertiary/aromatic N) is 3. The predicted molar refractivity (Wildman–Crippen MR) is 136 cm³/mol. The van der Waals surface area contributed by atoms with Gasteiger partial charge in [-0.3, -0.25) is 14.2 Å². The maximum Gasteiger partial charge on any atom is 0.267 e. The van der Waals surface area contributed by atoms with Crippen LogP contribution in [-0.2, 0) is 17.6 Å². The average molecular weight is 491 g/mol. The van der Waals surface area contributed by atoms with Gasteiger partial charge in [-0.15, -0.1) is 11.3 Å². The quantitative estimate of drug-likeness (QED) is 0.182. The molecule has 1 amide bonds. The molecular formula is C25H22N4O3S2. The highest BCUT2D eigenvalue weighted by Gasteiger charge is 2.23. The van der Waals surface area contributed by atoms with Gasteiger partial charge in [0.05, 0.1) is 23.0 Å². The Morgan fingerprint density at radius 2 is 1.91 bits per heavy atom. The number of hydrogen-bond acceptors (Lipinski definition) is 7. The summed E-state index contributed by atoms with van der Waals surface area (Å²) in [6, 6.07) is 15.9. The van der Waals surface area contributed by atoms with Crippen LogP contribution in [0.3, 0.4) is 0 Å². The molecule has 5 rings (SSSR count). The molecule has 7 nitrogen and oxygen atoms in total. The van der Waals surface area contributed by atoms with Crippen LogP contribution in [0.2, 0.25) is 0 Å². The molecule has 2 heterocycles. The Balaban J connectivity index is 1.41. The number of thiophene rings is 1. The number of carbonyl (C=O) groups excluding carboxylic acids is 1. The molecule has 0 saturated carbocycles. The molecule has 0 aliphatic heterocycles. The van der Waals surface area contributed by atoms with E-state index in [0.717, 1.165) is 52.7 Å². The standard InChI is InChI=1S/C25H22N4O3S2/c30-18-12-10-16(11-13-18)14-26-28-21(31)15-33-25-27-23-22(19-8-4-5-9-20(19)34-23)24(32)29(25)17-6-2-1-3-7-17/h1-3,6-7,10-14,30H,4-5,8-9,15H2,(H,28,31). The summed E-state index contributed by atoms with van der Waals surface area (Å²) in [5, 5.41) is 14.5. The van der Waals surface area contributed by atoms with Crippen molar-refractivity contribution in [2.45, 2.75) is 30.8 Å². The maximum atomic E-state index is 13.7. The number of carbonyl (C=O) groups is 1. The van der Waals surface area contributed by atoms with Gasteiger partial charge in [0.1, 0.15) is 10.6 Å². The van der Waals surface area contributed by atoms with Crippen LogP contribution < -0.4 is 11.0 Å². The first-order valence-corrected chi connectivity index (χ1v) is 12.8. The summed E-state index contributed by atoms with van der Waals surface area (Å²) < 4.78 is 1.61. The number of fused-ring (bicyclic) bond motifs is 3. The SMILES string of the molecule is O=C(CSc1nc2sc3c(c2c(=O)n1-c1ccccc1)CCCC3)NN=Cc1ccc(O)cc1. The number of hydrogen-bond donors (Lipinski definition) is 2. The van der Waals surface area contributed by atoms with Gasteiger partial charge in [-0.2, -0.15) is 5.10 Å². The van der Waals surface area contributed by atoms with E-state index in [1.165, 1.54) is 22.9 Å². The van der Waals surface area contributed by atoms with Crippen molar-refractivity contribution in [1.82, 2.24) is 15.0 Å². The molecule has 4 aromatic rings. The van der Waals surface area contributed by atoms with Gasteiger partial charge in [0, 0.05) is 4.88 Å². The van der Waals surface area contributed by atoms with Gasteiger partial charge in [-0.25, -0.2) is 10.4 Å². The van der Waals surface area contributed by atoms with Gasteiger partial charge in [-0.05, 0) is 73.2 Å². The summed E-state index contributed by atoms with van der Waals surface area (Å²) in [4.78, 5) is 32.9. The highest BCUT2D eigenvalue weighted by Crippen LogP contribution is 2.35. The molecule has 0 bridgehead atoms. The monoisotopic (exact) mass is 490 g/mol. The van der Waals surface area contributed by atoms with Crippen molar-refractivity contribution in [1.29, 1.82) is 0 Å². The number of hydrazone groups is 1. The van der Waals surface area contributed by atoms with E-state index in [1.54, 1.807) is 40.2 Å². The second kappa shape index (κ2) is 9.82. The molecule has 2 aromatic heterocycles. The second-order valence-electron chi connectivity index (χ2n) is 7.93. The number of benzene rings is 2. The first-order valence-electron chi connectivity index (χ1n) is 11.0. The number of thioether (sulfide) groups is 1. The van der Waals surface area contributed by atoms with E-state index in [0.29, 0.717) is 5.16 Å². The summed E-state index contributed by atoms with van der Waals surface area (Å²) in [5.41, 5.74) is 5.04. The van der Waals surface area contributed by atoms with Crippen LogP contribution in [0.15, 0.2) is 69.6 Å². The van der Waals surface area contributed by atoms with Crippen LogP contribution in [0, 0.1) is 0 Å². The average Bonchev–Trinajstić information content (AvgIpc) is 3.23. The molecule has 172 valence electrons. The van der Waals surface area contributed by atoms with E-state index >= 15 is 0 Å². The number of aromatic nitrogens is 2. The van der Waals surface area contributed by atoms with E-state index < -0.39 is 0 Å². The minimum Gasteiger partial charge on any atom is -0.508 e. The number of rotatable bonds is 6. The van der Waals surface area contributed by atoms with Gasteiger partial charge in [0.15, 0.2) is 5.16 Å². The number of aryl methyl sites for hydroxylation is 2. The summed E-state index contributed by atoms with van der Waals surface area (Å²) >= 11 is 2.81. The van der Waals surface area contributed by atoms with E-state index in [4.69, 9.17) is 4.98 Å². The molecule has 0 fully saturated rings. The zero-order valence-corrected chi connectivity index (χ0v) is 19.9. The molecular weight excluding hydrogens is 468 g/mol. The number of phenols is 1. The van der Waals surface area contributed by atoms with Gasteiger partial charge in [0.2, 0.25) is 0 Å². The molecule has 0 saturated heterocycles. The van der Waals surface area contributed by atoms with Crippen molar-refractivity contribution in [2.24, 2.45) is 5.10 Å².